The standard InChI is InChI=1S/C40H24N2O4/c43-37(25-13-4-1-5-14-25)28-19-10-22-31-34(28)35-29(38(44)26-15-6-2-7-16-26)20-11-23-32(35)42(31)33-24-12-21-30-36(33)40(46)41(39(30)45)27-17-8-3-9-18-27/h1-24H. The Morgan fingerprint density at radius 3 is 1.46 bits per heavy atom. The highest BCUT2D eigenvalue weighted by molar-refractivity contribution is 6.36. The van der Waals surface area contributed by atoms with Crippen LogP contribution in [0.4, 0.5) is 5.69 Å². The lowest BCUT2D eigenvalue weighted by Crippen LogP contribution is -2.29. The van der Waals surface area contributed by atoms with E-state index in [1.54, 1.807) is 91.0 Å². The third-order valence-corrected chi connectivity index (χ3v) is 8.53. The van der Waals surface area contributed by atoms with E-state index in [9.17, 15) is 19.2 Å². The molecular formula is C40H24N2O4. The largest absolute Gasteiger partial charge is 0.308 e. The monoisotopic (exact) mass is 596 g/mol. The van der Waals surface area contributed by atoms with Crippen molar-refractivity contribution in [2.24, 2.45) is 0 Å². The van der Waals surface area contributed by atoms with Crippen molar-refractivity contribution >= 4 is 50.9 Å². The molecule has 7 aromatic rings. The number of nitrogens with zero attached hydrogens (tertiary/aromatic N) is 2. The van der Waals surface area contributed by atoms with Gasteiger partial charge in [-0.05, 0) is 36.4 Å². The number of para-hydroxylation sites is 1. The average molecular weight is 597 g/mol. The molecule has 0 saturated heterocycles. The summed E-state index contributed by atoms with van der Waals surface area (Å²) < 4.78 is 1.90. The Kier molecular flexibility index (Phi) is 6.29. The molecule has 0 saturated carbocycles. The summed E-state index contributed by atoms with van der Waals surface area (Å²) in [5, 5.41) is 1.20. The quantitative estimate of drug-likeness (QED) is 0.144. The second-order valence-electron chi connectivity index (χ2n) is 11.1. The van der Waals surface area contributed by atoms with Gasteiger partial charge in [-0.3, -0.25) is 19.2 Å². The van der Waals surface area contributed by atoms with Crippen LogP contribution in [0.15, 0.2) is 146 Å². The molecule has 0 fully saturated rings. The smallest absolute Gasteiger partial charge is 0.268 e. The molecule has 0 radical (unpaired) electrons. The minimum Gasteiger partial charge on any atom is -0.308 e. The first-order valence-corrected chi connectivity index (χ1v) is 14.9. The van der Waals surface area contributed by atoms with E-state index in [2.05, 4.69) is 0 Å². The van der Waals surface area contributed by atoms with E-state index in [-0.39, 0.29) is 22.7 Å². The average Bonchev–Trinajstić information content (AvgIpc) is 3.59. The van der Waals surface area contributed by atoms with Gasteiger partial charge >= 0.3 is 0 Å². The first kappa shape index (κ1) is 27.2. The van der Waals surface area contributed by atoms with Gasteiger partial charge in [0.15, 0.2) is 11.6 Å². The summed E-state index contributed by atoms with van der Waals surface area (Å²) in [6, 6.07) is 43.0. The SMILES string of the molecule is O=C(c1ccccc1)c1cccc2c1c1c(C(=O)c3ccccc3)cccc1n2-c1cccc2c1C(=O)N(c1ccccc1)C2=O. The van der Waals surface area contributed by atoms with Gasteiger partial charge < -0.3 is 4.57 Å². The lowest BCUT2D eigenvalue weighted by atomic mass is 9.94. The van der Waals surface area contributed by atoms with E-state index < -0.39 is 11.8 Å². The molecule has 1 aliphatic rings. The summed E-state index contributed by atoms with van der Waals surface area (Å²) in [6.07, 6.45) is 0. The van der Waals surface area contributed by atoms with Crippen LogP contribution < -0.4 is 4.90 Å². The number of hydrogen-bond donors (Lipinski definition) is 0. The summed E-state index contributed by atoms with van der Waals surface area (Å²) >= 11 is 0. The van der Waals surface area contributed by atoms with Gasteiger partial charge in [0.1, 0.15) is 0 Å². The number of anilines is 1. The number of carbonyl (C=O) groups is 4. The molecular weight excluding hydrogens is 572 g/mol. The van der Waals surface area contributed by atoms with E-state index in [1.807, 2.05) is 59.2 Å². The van der Waals surface area contributed by atoms with E-state index in [0.29, 0.717) is 55.4 Å². The Bertz CT molecular complexity index is 2270. The first-order chi connectivity index (χ1) is 22.5. The van der Waals surface area contributed by atoms with Crippen LogP contribution in [0.1, 0.15) is 52.6 Å². The Labute approximate surface area is 263 Å². The Morgan fingerprint density at radius 1 is 0.457 bits per heavy atom. The molecule has 2 heterocycles. The highest BCUT2D eigenvalue weighted by atomic mass is 16.2. The predicted molar refractivity (Wildman–Crippen MR) is 178 cm³/mol. The topological polar surface area (TPSA) is 76.5 Å². The number of fused-ring (bicyclic) bond motifs is 4. The van der Waals surface area contributed by atoms with Crippen molar-refractivity contribution < 1.29 is 19.2 Å². The second kappa shape index (κ2) is 10.6. The molecule has 2 amide bonds. The molecule has 0 atom stereocenters. The van der Waals surface area contributed by atoms with Crippen LogP contribution in [-0.4, -0.2) is 27.9 Å². The second-order valence-corrected chi connectivity index (χ2v) is 11.1. The zero-order chi connectivity index (χ0) is 31.4. The number of aromatic nitrogens is 1. The Morgan fingerprint density at radius 2 is 0.935 bits per heavy atom. The molecule has 1 aromatic heterocycles. The van der Waals surface area contributed by atoms with Gasteiger partial charge in [-0.25, -0.2) is 4.90 Å². The fourth-order valence-electron chi connectivity index (χ4n) is 6.50. The maximum Gasteiger partial charge on any atom is 0.268 e. The Hall–Kier alpha value is -6.40. The Balaban J connectivity index is 1.45. The lowest BCUT2D eigenvalue weighted by molar-refractivity contribution is 0.0924. The molecule has 6 nitrogen and oxygen atoms in total. The maximum absolute atomic E-state index is 14.1. The number of ketones is 2. The number of benzene rings is 6. The summed E-state index contributed by atoms with van der Waals surface area (Å²) in [6.45, 7) is 0. The number of amides is 2. The predicted octanol–water partition coefficient (Wildman–Crippen LogP) is 8.05. The van der Waals surface area contributed by atoms with Crippen LogP contribution in [0.5, 0.6) is 0 Å². The number of rotatable bonds is 6. The van der Waals surface area contributed by atoms with E-state index in [1.165, 1.54) is 4.90 Å². The molecule has 0 bridgehead atoms. The van der Waals surface area contributed by atoms with Crippen LogP contribution >= 0.6 is 0 Å². The zero-order valence-corrected chi connectivity index (χ0v) is 24.4. The first-order valence-electron chi connectivity index (χ1n) is 14.9. The highest BCUT2D eigenvalue weighted by Gasteiger charge is 2.39. The van der Waals surface area contributed by atoms with Crippen molar-refractivity contribution in [1.82, 2.24) is 4.57 Å². The lowest BCUT2D eigenvalue weighted by Gasteiger charge is -2.14. The van der Waals surface area contributed by atoms with Crippen LogP contribution in [0.25, 0.3) is 27.5 Å². The van der Waals surface area contributed by atoms with E-state index >= 15 is 0 Å². The van der Waals surface area contributed by atoms with Gasteiger partial charge in [-0.1, -0.05) is 109 Å². The molecule has 0 unspecified atom stereocenters. The van der Waals surface area contributed by atoms with Crippen molar-refractivity contribution in [1.29, 1.82) is 0 Å². The third kappa shape index (κ3) is 4.04. The molecule has 0 N–H and O–H groups in total. The molecule has 218 valence electrons. The van der Waals surface area contributed by atoms with Gasteiger partial charge in [-0.2, -0.15) is 0 Å². The maximum atomic E-state index is 14.1. The number of carbonyl (C=O) groups excluding carboxylic acids is 4. The normalized spacial score (nSPS) is 12.6. The van der Waals surface area contributed by atoms with Crippen molar-refractivity contribution in [3.05, 3.63) is 179 Å². The zero-order valence-electron chi connectivity index (χ0n) is 24.4. The van der Waals surface area contributed by atoms with Gasteiger partial charge in [0.25, 0.3) is 11.8 Å². The summed E-state index contributed by atoms with van der Waals surface area (Å²) in [5.41, 5.74) is 4.68. The number of hydrogen-bond acceptors (Lipinski definition) is 4. The van der Waals surface area contributed by atoms with E-state index in [0.717, 1.165) is 0 Å². The summed E-state index contributed by atoms with van der Waals surface area (Å²) in [7, 11) is 0. The van der Waals surface area contributed by atoms with E-state index in [4.69, 9.17) is 0 Å². The molecule has 0 aliphatic carbocycles. The third-order valence-electron chi connectivity index (χ3n) is 8.53. The van der Waals surface area contributed by atoms with Crippen molar-refractivity contribution in [2.45, 2.75) is 0 Å². The molecule has 1 aliphatic heterocycles. The van der Waals surface area contributed by atoms with Crippen LogP contribution in [0.3, 0.4) is 0 Å². The van der Waals surface area contributed by atoms with Gasteiger partial charge in [-0.15, -0.1) is 0 Å². The van der Waals surface area contributed by atoms with Crippen molar-refractivity contribution in [3.63, 3.8) is 0 Å². The fraction of sp³-hybridized carbons (Fsp3) is 0. The summed E-state index contributed by atoms with van der Waals surface area (Å²) in [5.74, 6) is -1.22. The van der Waals surface area contributed by atoms with Gasteiger partial charge in [0.05, 0.1) is 33.5 Å². The molecule has 0 spiro atoms. The highest BCUT2D eigenvalue weighted by Crippen LogP contribution is 2.40. The molecule has 6 heteroatoms. The van der Waals surface area contributed by atoms with Crippen LogP contribution in [-0.2, 0) is 0 Å². The van der Waals surface area contributed by atoms with Gasteiger partial charge in [0.2, 0.25) is 0 Å². The summed E-state index contributed by atoms with van der Waals surface area (Å²) in [4.78, 5) is 57.1. The van der Waals surface area contributed by atoms with Crippen LogP contribution in [0.2, 0.25) is 0 Å². The molecule has 8 rings (SSSR count). The fourth-order valence-corrected chi connectivity index (χ4v) is 6.50. The minimum atomic E-state index is -0.440. The molecule has 6 aromatic carbocycles. The minimum absolute atomic E-state index is 0.188. The molecule has 46 heavy (non-hydrogen) atoms. The van der Waals surface area contributed by atoms with Crippen molar-refractivity contribution in [2.75, 3.05) is 4.90 Å². The van der Waals surface area contributed by atoms with Crippen molar-refractivity contribution in [3.8, 4) is 5.69 Å². The number of imide groups is 1. The van der Waals surface area contributed by atoms with Crippen LogP contribution in [0, 0.1) is 0 Å². The van der Waals surface area contributed by atoms with Gasteiger partial charge in [0, 0.05) is 33.0 Å².